The molecule has 19 heavy (non-hydrogen) atoms. The Bertz CT molecular complexity index is 329. The number of nitrogens with one attached hydrogen (secondary N) is 1. The first-order valence-corrected chi connectivity index (χ1v) is 7.17. The van der Waals surface area contributed by atoms with Crippen molar-refractivity contribution in [1.82, 2.24) is 10.2 Å². The van der Waals surface area contributed by atoms with Crippen molar-refractivity contribution in [3.05, 3.63) is 0 Å². The van der Waals surface area contributed by atoms with Crippen molar-refractivity contribution >= 4 is 11.8 Å². The zero-order valence-electron chi connectivity index (χ0n) is 12.4. The highest BCUT2D eigenvalue weighted by molar-refractivity contribution is 6.01. The van der Waals surface area contributed by atoms with Crippen LogP contribution in [0.15, 0.2) is 0 Å². The Hall–Kier alpha value is -0.940. The molecule has 0 radical (unpaired) electrons. The summed E-state index contributed by atoms with van der Waals surface area (Å²) in [6.45, 7) is 8.14. The molecule has 1 rings (SSSR count). The van der Waals surface area contributed by atoms with Crippen molar-refractivity contribution in [1.29, 1.82) is 0 Å². The summed E-state index contributed by atoms with van der Waals surface area (Å²) >= 11 is 0. The quantitative estimate of drug-likeness (QED) is 0.531. The highest BCUT2D eigenvalue weighted by Crippen LogP contribution is 2.21. The average molecular weight is 269 g/mol. The van der Waals surface area contributed by atoms with Crippen LogP contribution in [0.5, 0.6) is 0 Å². The maximum Gasteiger partial charge on any atom is 0.243 e. The number of hydrogen-bond donors (Lipinski definition) is 2. The van der Waals surface area contributed by atoms with Gasteiger partial charge in [-0.3, -0.25) is 19.8 Å². The normalized spacial score (nSPS) is 21.6. The second-order valence-electron chi connectivity index (χ2n) is 6.13. The molecule has 1 unspecified atom stereocenters. The van der Waals surface area contributed by atoms with E-state index >= 15 is 0 Å². The molecule has 2 amide bonds. The van der Waals surface area contributed by atoms with Crippen molar-refractivity contribution in [3.8, 4) is 0 Å². The van der Waals surface area contributed by atoms with Crippen LogP contribution in [0.4, 0.5) is 0 Å². The maximum absolute atomic E-state index is 11.7. The molecule has 3 N–H and O–H groups in total. The van der Waals surface area contributed by atoms with Crippen LogP contribution < -0.4 is 11.1 Å². The zero-order chi connectivity index (χ0) is 14.5. The molecule has 5 nitrogen and oxygen atoms in total. The van der Waals surface area contributed by atoms with Crippen LogP contribution >= 0.6 is 0 Å². The number of rotatable bonds is 7. The molecular weight excluding hydrogens is 242 g/mol. The number of piperazine rings is 1. The van der Waals surface area contributed by atoms with E-state index in [4.69, 9.17) is 5.73 Å². The number of carbonyl (C=O) groups is 2. The number of amides is 2. The molecule has 1 heterocycles. The molecule has 0 bridgehead atoms. The summed E-state index contributed by atoms with van der Waals surface area (Å²) in [7, 11) is 0. The van der Waals surface area contributed by atoms with E-state index in [1.54, 1.807) is 0 Å². The first kappa shape index (κ1) is 16.1. The van der Waals surface area contributed by atoms with E-state index in [0.29, 0.717) is 13.1 Å². The molecule has 1 aliphatic rings. The van der Waals surface area contributed by atoms with Gasteiger partial charge in [0.05, 0.1) is 12.6 Å². The summed E-state index contributed by atoms with van der Waals surface area (Å²) in [5, 5.41) is 2.40. The van der Waals surface area contributed by atoms with E-state index in [-0.39, 0.29) is 23.3 Å². The maximum atomic E-state index is 11.7. The van der Waals surface area contributed by atoms with E-state index in [1.807, 2.05) is 11.8 Å². The SMILES string of the molecule is CCC1C(=O)NC(=O)CN1CCCCC(C)(C)CN. The lowest BCUT2D eigenvalue weighted by Gasteiger charge is -2.33. The van der Waals surface area contributed by atoms with E-state index in [9.17, 15) is 9.59 Å². The van der Waals surface area contributed by atoms with Gasteiger partial charge in [0.2, 0.25) is 11.8 Å². The van der Waals surface area contributed by atoms with E-state index in [2.05, 4.69) is 19.2 Å². The Morgan fingerprint density at radius 1 is 1.37 bits per heavy atom. The molecule has 0 aromatic heterocycles. The number of hydrogen-bond acceptors (Lipinski definition) is 4. The fraction of sp³-hybridized carbons (Fsp3) is 0.857. The molecule has 110 valence electrons. The van der Waals surface area contributed by atoms with Gasteiger partial charge in [-0.15, -0.1) is 0 Å². The van der Waals surface area contributed by atoms with E-state index in [0.717, 1.165) is 32.2 Å². The molecular formula is C14H27N3O2. The second kappa shape index (κ2) is 7.01. The molecule has 1 fully saturated rings. The second-order valence-corrected chi connectivity index (χ2v) is 6.13. The lowest BCUT2D eigenvalue weighted by atomic mass is 9.87. The standard InChI is InChI=1S/C14H27N3O2/c1-4-11-13(19)16-12(18)9-17(11)8-6-5-7-14(2,3)10-15/h11H,4-10,15H2,1-3H3,(H,16,18,19). The molecule has 1 saturated heterocycles. The number of unbranched alkanes of at least 4 members (excludes halogenated alkanes) is 1. The van der Waals surface area contributed by atoms with Gasteiger partial charge in [-0.1, -0.05) is 27.2 Å². The predicted octanol–water partition coefficient (Wildman–Crippen LogP) is 0.879. The lowest BCUT2D eigenvalue weighted by Crippen LogP contribution is -2.57. The number of carbonyl (C=O) groups excluding carboxylic acids is 2. The fourth-order valence-corrected chi connectivity index (χ4v) is 2.42. The first-order chi connectivity index (χ1) is 8.89. The van der Waals surface area contributed by atoms with Crippen LogP contribution in [0, 0.1) is 5.41 Å². The molecule has 1 aliphatic heterocycles. The van der Waals surface area contributed by atoms with Crippen molar-refractivity contribution in [3.63, 3.8) is 0 Å². The van der Waals surface area contributed by atoms with Crippen molar-refractivity contribution in [2.24, 2.45) is 11.1 Å². The van der Waals surface area contributed by atoms with Crippen LogP contribution in [0.25, 0.3) is 0 Å². The summed E-state index contributed by atoms with van der Waals surface area (Å²) in [5.41, 5.74) is 5.88. The number of nitrogens with two attached hydrogens (primary N) is 1. The molecule has 1 atom stereocenters. The lowest BCUT2D eigenvalue weighted by molar-refractivity contribution is -0.140. The van der Waals surface area contributed by atoms with Gasteiger partial charge in [0.1, 0.15) is 0 Å². The minimum atomic E-state index is -0.183. The topological polar surface area (TPSA) is 75.4 Å². The summed E-state index contributed by atoms with van der Waals surface area (Å²) in [5.74, 6) is -0.335. The van der Waals surface area contributed by atoms with Gasteiger partial charge in [0.25, 0.3) is 0 Å². The Kier molecular flexibility index (Phi) is 5.94. The van der Waals surface area contributed by atoms with Gasteiger partial charge in [-0.25, -0.2) is 0 Å². The van der Waals surface area contributed by atoms with Crippen molar-refractivity contribution in [2.75, 3.05) is 19.6 Å². The molecule has 0 spiro atoms. The Labute approximate surface area is 115 Å². The van der Waals surface area contributed by atoms with Gasteiger partial charge < -0.3 is 5.73 Å². The molecule has 0 aliphatic carbocycles. The third-order valence-electron chi connectivity index (χ3n) is 3.84. The number of imide groups is 1. The Morgan fingerprint density at radius 2 is 2.05 bits per heavy atom. The summed E-state index contributed by atoms with van der Waals surface area (Å²) in [4.78, 5) is 25.1. The smallest absolute Gasteiger partial charge is 0.243 e. The third-order valence-corrected chi connectivity index (χ3v) is 3.84. The van der Waals surface area contributed by atoms with Gasteiger partial charge >= 0.3 is 0 Å². The summed E-state index contributed by atoms with van der Waals surface area (Å²) in [6.07, 6.45) is 3.90. The zero-order valence-corrected chi connectivity index (χ0v) is 12.4. The van der Waals surface area contributed by atoms with Gasteiger partial charge in [-0.05, 0) is 37.8 Å². The van der Waals surface area contributed by atoms with Gasteiger partial charge in [0, 0.05) is 0 Å². The predicted molar refractivity (Wildman–Crippen MR) is 75.5 cm³/mol. The van der Waals surface area contributed by atoms with Gasteiger partial charge in [-0.2, -0.15) is 0 Å². The first-order valence-electron chi connectivity index (χ1n) is 7.17. The van der Waals surface area contributed by atoms with Crippen LogP contribution in [-0.2, 0) is 9.59 Å². The minimum absolute atomic E-state index is 0.152. The van der Waals surface area contributed by atoms with E-state index < -0.39 is 0 Å². The number of nitrogens with zero attached hydrogens (tertiary/aromatic N) is 1. The average Bonchev–Trinajstić information content (AvgIpc) is 2.34. The largest absolute Gasteiger partial charge is 0.330 e. The highest BCUT2D eigenvalue weighted by Gasteiger charge is 2.31. The summed E-state index contributed by atoms with van der Waals surface area (Å²) < 4.78 is 0. The third kappa shape index (κ3) is 4.91. The van der Waals surface area contributed by atoms with Crippen LogP contribution in [-0.4, -0.2) is 42.4 Å². The minimum Gasteiger partial charge on any atom is -0.330 e. The molecule has 0 aromatic carbocycles. The summed E-state index contributed by atoms with van der Waals surface area (Å²) in [6, 6.07) is -0.153. The Balaban J connectivity index is 2.38. The van der Waals surface area contributed by atoms with Crippen molar-refractivity contribution in [2.45, 2.75) is 52.5 Å². The van der Waals surface area contributed by atoms with Crippen LogP contribution in [0.3, 0.4) is 0 Å². The van der Waals surface area contributed by atoms with Crippen LogP contribution in [0.1, 0.15) is 46.5 Å². The molecule has 0 saturated carbocycles. The highest BCUT2D eigenvalue weighted by atomic mass is 16.2. The monoisotopic (exact) mass is 269 g/mol. The van der Waals surface area contributed by atoms with Crippen LogP contribution in [0.2, 0.25) is 0 Å². The van der Waals surface area contributed by atoms with E-state index in [1.165, 1.54) is 0 Å². The Morgan fingerprint density at radius 3 is 2.63 bits per heavy atom. The van der Waals surface area contributed by atoms with Crippen molar-refractivity contribution < 1.29 is 9.59 Å². The molecule has 5 heteroatoms. The molecule has 0 aromatic rings. The van der Waals surface area contributed by atoms with Gasteiger partial charge in [0.15, 0.2) is 0 Å². The fourth-order valence-electron chi connectivity index (χ4n) is 2.42.